The maximum atomic E-state index is 11.7. The molecule has 1 N–H and O–H groups in total. The number of rotatable bonds is 3. The van der Waals surface area contributed by atoms with Gasteiger partial charge in [0.25, 0.3) is 5.78 Å². The highest BCUT2D eigenvalue weighted by Crippen LogP contribution is 2.22. The van der Waals surface area contributed by atoms with Crippen LogP contribution in [0, 0.1) is 0 Å². The molecule has 0 aliphatic heterocycles. The van der Waals surface area contributed by atoms with Gasteiger partial charge in [0.05, 0.1) is 5.52 Å². The normalized spacial score (nSPS) is 10.6. The summed E-state index contributed by atoms with van der Waals surface area (Å²) in [5.41, 5.74) is 1.26. The zero-order chi connectivity index (χ0) is 14.1. The molecule has 0 spiro atoms. The van der Waals surface area contributed by atoms with Crippen molar-refractivity contribution in [3.8, 4) is 11.4 Å². The van der Waals surface area contributed by atoms with Crippen molar-refractivity contribution in [1.29, 1.82) is 0 Å². The fourth-order valence-corrected chi connectivity index (χ4v) is 2.10. The van der Waals surface area contributed by atoms with Gasteiger partial charge in [-0.15, -0.1) is 0 Å². The van der Waals surface area contributed by atoms with Gasteiger partial charge in [0.2, 0.25) is 0 Å². The quantitative estimate of drug-likeness (QED) is 0.583. The minimum absolute atomic E-state index is 0.0445. The van der Waals surface area contributed by atoms with E-state index in [1.165, 1.54) is 0 Å². The first kappa shape index (κ1) is 12.1. The van der Waals surface area contributed by atoms with Gasteiger partial charge in [-0.3, -0.25) is 9.20 Å². The molecule has 5 nitrogen and oxygen atoms in total. The Morgan fingerprint density at radius 3 is 2.40 bits per heavy atom. The molecule has 1 aromatic carbocycles. The number of hydrogen-bond acceptors (Lipinski definition) is 3. The van der Waals surface area contributed by atoms with Crippen LogP contribution in [0.15, 0.2) is 54.7 Å². The lowest BCUT2D eigenvalue weighted by molar-refractivity contribution is -0.131. The van der Waals surface area contributed by atoms with E-state index < -0.39 is 11.8 Å². The summed E-state index contributed by atoms with van der Waals surface area (Å²) in [7, 11) is 0. The summed E-state index contributed by atoms with van der Waals surface area (Å²) in [6.45, 7) is 0. The number of imidazole rings is 1. The molecule has 0 aliphatic rings. The third kappa shape index (κ3) is 1.85. The van der Waals surface area contributed by atoms with Gasteiger partial charge in [-0.1, -0.05) is 36.4 Å². The van der Waals surface area contributed by atoms with E-state index in [-0.39, 0.29) is 5.69 Å². The summed E-state index contributed by atoms with van der Waals surface area (Å²) >= 11 is 0. The molecule has 20 heavy (non-hydrogen) atoms. The van der Waals surface area contributed by atoms with Gasteiger partial charge >= 0.3 is 5.97 Å². The molecule has 0 saturated carbocycles. The van der Waals surface area contributed by atoms with Crippen molar-refractivity contribution in [3.05, 3.63) is 60.4 Å². The topological polar surface area (TPSA) is 71.7 Å². The number of ketones is 1. The van der Waals surface area contributed by atoms with Crippen LogP contribution in [-0.4, -0.2) is 26.2 Å². The van der Waals surface area contributed by atoms with Crippen LogP contribution in [0.1, 0.15) is 10.5 Å². The Morgan fingerprint density at radius 2 is 1.70 bits per heavy atom. The van der Waals surface area contributed by atoms with Crippen LogP contribution >= 0.6 is 0 Å². The number of carboxylic acids is 1. The summed E-state index contributed by atoms with van der Waals surface area (Å²) in [4.78, 5) is 26.8. The Balaban J connectivity index is 2.30. The molecular formula is C15H10N2O3. The molecule has 0 atom stereocenters. The molecule has 5 heteroatoms. The number of carbonyl (C=O) groups excluding carboxylic acids is 1. The van der Waals surface area contributed by atoms with Gasteiger partial charge in [-0.05, 0) is 12.1 Å². The average Bonchev–Trinajstić information content (AvgIpc) is 2.87. The number of carbonyl (C=O) groups is 2. The molecule has 98 valence electrons. The highest BCUT2D eigenvalue weighted by molar-refractivity contribution is 6.40. The predicted octanol–water partition coefficient (Wildman–Crippen LogP) is 2.27. The average molecular weight is 266 g/mol. The van der Waals surface area contributed by atoms with Gasteiger partial charge in [-0.2, -0.15) is 0 Å². The zero-order valence-electron chi connectivity index (χ0n) is 10.4. The number of benzene rings is 1. The first-order valence-corrected chi connectivity index (χ1v) is 5.98. The third-order valence-electron chi connectivity index (χ3n) is 2.99. The van der Waals surface area contributed by atoms with Crippen LogP contribution in [0.5, 0.6) is 0 Å². The van der Waals surface area contributed by atoms with Crippen LogP contribution in [0.4, 0.5) is 0 Å². The van der Waals surface area contributed by atoms with E-state index in [1.807, 2.05) is 30.3 Å². The molecule has 0 aliphatic carbocycles. The first-order valence-electron chi connectivity index (χ1n) is 5.98. The standard InChI is InChI=1S/C15H10N2O3/c18-13(15(19)20)12-11-8-4-5-9-17(11)14(16-12)10-6-2-1-3-7-10/h1-9H,(H,19,20). The van der Waals surface area contributed by atoms with Crippen LogP contribution in [0.2, 0.25) is 0 Å². The van der Waals surface area contributed by atoms with E-state index in [0.29, 0.717) is 11.3 Å². The lowest BCUT2D eigenvalue weighted by Gasteiger charge is -1.99. The van der Waals surface area contributed by atoms with Crippen molar-refractivity contribution in [2.75, 3.05) is 0 Å². The maximum absolute atomic E-state index is 11.7. The van der Waals surface area contributed by atoms with Gasteiger partial charge in [0.15, 0.2) is 0 Å². The van der Waals surface area contributed by atoms with E-state index in [1.54, 1.807) is 28.8 Å². The Kier molecular flexibility index (Phi) is 2.80. The molecule has 2 aromatic heterocycles. The number of aliphatic carboxylic acids is 1. The van der Waals surface area contributed by atoms with Crippen LogP contribution in [0.25, 0.3) is 16.9 Å². The van der Waals surface area contributed by atoms with E-state index >= 15 is 0 Å². The number of carboxylic acid groups (broad SMARTS) is 1. The number of Topliss-reactive ketones (excluding diaryl/α,β-unsaturated/α-hetero) is 1. The summed E-state index contributed by atoms with van der Waals surface area (Å²) < 4.78 is 1.71. The van der Waals surface area contributed by atoms with E-state index in [9.17, 15) is 9.59 Å². The summed E-state index contributed by atoms with van der Waals surface area (Å²) in [6, 6.07) is 14.5. The lowest BCUT2D eigenvalue weighted by Crippen LogP contribution is -2.13. The lowest BCUT2D eigenvalue weighted by atomic mass is 10.2. The van der Waals surface area contributed by atoms with Crippen molar-refractivity contribution in [1.82, 2.24) is 9.38 Å². The van der Waals surface area contributed by atoms with Crippen molar-refractivity contribution in [2.24, 2.45) is 0 Å². The summed E-state index contributed by atoms with van der Waals surface area (Å²) in [5, 5.41) is 8.88. The third-order valence-corrected chi connectivity index (χ3v) is 2.99. The number of hydrogen-bond donors (Lipinski definition) is 1. The minimum atomic E-state index is -1.51. The highest BCUT2D eigenvalue weighted by atomic mass is 16.4. The van der Waals surface area contributed by atoms with Crippen molar-refractivity contribution < 1.29 is 14.7 Å². The summed E-state index contributed by atoms with van der Waals surface area (Å²) in [5.74, 6) is -1.96. The molecule has 3 aromatic rings. The number of fused-ring (bicyclic) bond motifs is 1. The van der Waals surface area contributed by atoms with Crippen molar-refractivity contribution in [3.63, 3.8) is 0 Å². The molecular weight excluding hydrogens is 256 g/mol. The largest absolute Gasteiger partial charge is 0.475 e. The van der Waals surface area contributed by atoms with E-state index in [0.717, 1.165) is 5.56 Å². The minimum Gasteiger partial charge on any atom is -0.475 e. The van der Waals surface area contributed by atoms with Crippen molar-refractivity contribution >= 4 is 17.3 Å². The van der Waals surface area contributed by atoms with Crippen molar-refractivity contribution in [2.45, 2.75) is 0 Å². The van der Waals surface area contributed by atoms with Gasteiger partial charge in [0.1, 0.15) is 11.5 Å². The SMILES string of the molecule is O=C(O)C(=O)c1nc(-c2ccccc2)n2ccccc12. The Labute approximate surface area is 114 Å². The smallest absolute Gasteiger partial charge is 0.379 e. The number of nitrogens with zero attached hydrogens (tertiary/aromatic N) is 2. The second-order valence-electron chi connectivity index (χ2n) is 4.24. The molecule has 0 saturated heterocycles. The van der Waals surface area contributed by atoms with Crippen LogP contribution in [-0.2, 0) is 4.79 Å². The molecule has 0 fully saturated rings. The molecule has 0 radical (unpaired) electrons. The second kappa shape index (κ2) is 4.62. The van der Waals surface area contributed by atoms with Crippen LogP contribution in [0.3, 0.4) is 0 Å². The van der Waals surface area contributed by atoms with Gasteiger partial charge in [0, 0.05) is 11.8 Å². The molecule has 3 rings (SSSR count). The Hall–Kier alpha value is -2.95. The molecule has 0 amide bonds. The number of aromatic nitrogens is 2. The fraction of sp³-hybridized carbons (Fsp3) is 0. The van der Waals surface area contributed by atoms with E-state index in [2.05, 4.69) is 4.98 Å². The Morgan fingerprint density at radius 1 is 1.00 bits per heavy atom. The second-order valence-corrected chi connectivity index (χ2v) is 4.24. The van der Waals surface area contributed by atoms with Crippen LogP contribution < -0.4 is 0 Å². The maximum Gasteiger partial charge on any atom is 0.379 e. The number of pyridine rings is 1. The van der Waals surface area contributed by atoms with Gasteiger partial charge < -0.3 is 5.11 Å². The zero-order valence-corrected chi connectivity index (χ0v) is 10.4. The summed E-state index contributed by atoms with van der Waals surface area (Å²) in [6.07, 6.45) is 1.75. The monoisotopic (exact) mass is 266 g/mol. The van der Waals surface area contributed by atoms with Gasteiger partial charge in [-0.25, -0.2) is 9.78 Å². The molecule has 2 heterocycles. The van der Waals surface area contributed by atoms with E-state index in [4.69, 9.17) is 5.11 Å². The first-order chi connectivity index (χ1) is 9.68. The predicted molar refractivity (Wildman–Crippen MR) is 72.6 cm³/mol. The molecule has 0 bridgehead atoms. The Bertz CT molecular complexity index is 806. The molecule has 0 unspecified atom stereocenters. The highest BCUT2D eigenvalue weighted by Gasteiger charge is 2.23. The fourth-order valence-electron chi connectivity index (χ4n) is 2.10.